The number of hydrogen-bond acceptors (Lipinski definition) is 2. The van der Waals surface area contributed by atoms with Gasteiger partial charge in [-0.1, -0.05) is 60.7 Å². The lowest BCUT2D eigenvalue weighted by atomic mass is 10.1. The highest BCUT2D eigenvalue weighted by atomic mass is 16.2. The lowest BCUT2D eigenvalue weighted by Crippen LogP contribution is -2.29. The van der Waals surface area contributed by atoms with Crippen LogP contribution in [0.2, 0.25) is 0 Å². The fourth-order valence-electron chi connectivity index (χ4n) is 3.36. The second kappa shape index (κ2) is 8.57. The van der Waals surface area contributed by atoms with E-state index in [4.69, 9.17) is 0 Å². The minimum atomic E-state index is -0.100. The van der Waals surface area contributed by atoms with Crippen molar-refractivity contribution in [2.75, 3.05) is 13.1 Å². The average molecular weight is 382 g/mol. The van der Waals surface area contributed by atoms with Crippen LogP contribution in [0.5, 0.6) is 0 Å². The lowest BCUT2D eigenvalue weighted by molar-refractivity contribution is 0.0952. The van der Waals surface area contributed by atoms with Crippen LogP contribution in [0.15, 0.2) is 84.9 Å². The lowest BCUT2D eigenvalue weighted by Gasteiger charge is -2.08. The highest BCUT2D eigenvalue weighted by Crippen LogP contribution is 2.16. The minimum Gasteiger partial charge on any atom is -0.352 e. The van der Waals surface area contributed by atoms with Crippen molar-refractivity contribution in [2.45, 2.75) is 6.42 Å². The van der Waals surface area contributed by atoms with Crippen LogP contribution in [0.25, 0.3) is 21.5 Å². The highest BCUT2D eigenvalue weighted by Gasteiger charge is 2.07. The Labute approximate surface area is 169 Å². The molecule has 0 fully saturated rings. The minimum absolute atomic E-state index is 0.100. The van der Waals surface area contributed by atoms with Gasteiger partial charge in [0.15, 0.2) is 0 Å². The number of hydrogen-bond donors (Lipinski definition) is 2. The third kappa shape index (κ3) is 4.43. The van der Waals surface area contributed by atoms with Gasteiger partial charge in [-0.3, -0.25) is 9.59 Å². The number of fused-ring (bicyclic) bond motifs is 2. The van der Waals surface area contributed by atoms with E-state index in [2.05, 4.69) is 10.6 Å². The summed E-state index contributed by atoms with van der Waals surface area (Å²) in [6.45, 7) is 1.01. The molecule has 0 atom stereocenters. The monoisotopic (exact) mass is 382 g/mol. The van der Waals surface area contributed by atoms with Crippen molar-refractivity contribution in [2.24, 2.45) is 0 Å². The van der Waals surface area contributed by atoms with Crippen molar-refractivity contribution in [1.29, 1.82) is 0 Å². The molecule has 0 aliphatic rings. The zero-order valence-corrected chi connectivity index (χ0v) is 16.0. The first-order valence-corrected chi connectivity index (χ1v) is 9.75. The summed E-state index contributed by atoms with van der Waals surface area (Å²) in [5.74, 6) is -0.201. The van der Waals surface area contributed by atoms with Crippen molar-refractivity contribution < 1.29 is 9.59 Å². The van der Waals surface area contributed by atoms with Gasteiger partial charge < -0.3 is 10.6 Å². The SMILES string of the molecule is O=C(NCCCNC(=O)c1ccc2ccccc2c1)c1ccc2ccccc2c1. The molecule has 0 saturated carbocycles. The van der Waals surface area contributed by atoms with Crippen LogP contribution in [0.3, 0.4) is 0 Å². The second-order valence-corrected chi connectivity index (χ2v) is 6.99. The van der Waals surface area contributed by atoms with Gasteiger partial charge in [0, 0.05) is 24.2 Å². The van der Waals surface area contributed by atoms with Gasteiger partial charge in [0.25, 0.3) is 11.8 Å². The summed E-state index contributed by atoms with van der Waals surface area (Å²) >= 11 is 0. The van der Waals surface area contributed by atoms with Crippen LogP contribution in [-0.2, 0) is 0 Å². The summed E-state index contributed by atoms with van der Waals surface area (Å²) in [6, 6.07) is 27.3. The van der Waals surface area contributed by atoms with E-state index in [0.717, 1.165) is 21.5 Å². The molecule has 2 N–H and O–H groups in total. The van der Waals surface area contributed by atoms with E-state index in [1.807, 2.05) is 84.9 Å². The van der Waals surface area contributed by atoms with Crippen molar-refractivity contribution in [3.63, 3.8) is 0 Å². The Kier molecular flexibility index (Phi) is 5.52. The maximum absolute atomic E-state index is 12.3. The zero-order chi connectivity index (χ0) is 20.1. The van der Waals surface area contributed by atoms with Gasteiger partial charge in [0.05, 0.1) is 0 Å². The number of benzene rings is 4. The number of nitrogens with one attached hydrogen (secondary N) is 2. The van der Waals surface area contributed by atoms with Crippen molar-refractivity contribution >= 4 is 33.4 Å². The third-order valence-electron chi connectivity index (χ3n) is 4.95. The molecule has 4 rings (SSSR count). The first kappa shape index (κ1) is 18.7. The Morgan fingerprint density at radius 1 is 0.552 bits per heavy atom. The van der Waals surface area contributed by atoms with Gasteiger partial charge >= 0.3 is 0 Å². The summed E-state index contributed by atoms with van der Waals surface area (Å²) in [7, 11) is 0. The molecule has 144 valence electrons. The molecule has 0 unspecified atom stereocenters. The first-order valence-electron chi connectivity index (χ1n) is 9.75. The molecule has 0 aliphatic carbocycles. The Bertz CT molecular complexity index is 1090. The number of rotatable bonds is 6. The maximum atomic E-state index is 12.3. The molecule has 0 spiro atoms. The van der Waals surface area contributed by atoms with Gasteiger partial charge in [-0.05, 0) is 52.2 Å². The third-order valence-corrected chi connectivity index (χ3v) is 4.95. The number of carbonyl (C=O) groups is 2. The standard InChI is InChI=1S/C25H22N2O2/c28-24(22-12-10-18-6-1-3-8-20(18)16-22)26-14-5-15-27-25(29)23-13-11-19-7-2-4-9-21(19)17-23/h1-4,6-13,16-17H,5,14-15H2,(H,26,28)(H,27,29). The maximum Gasteiger partial charge on any atom is 0.251 e. The normalized spacial score (nSPS) is 10.8. The van der Waals surface area contributed by atoms with E-state index in [1.54, 1.807) is 0 Å². The summed E-state index contributed by atoms with van der Waals surface area (Å²) in [6.07, 6.45) is 0.665. The summed E-state index contributed by atoms with van der Waals surface area (Å²) in [5, 5.41) is 10.1. The second-order valence-electron chi connectivity index (χ2n) is 6.99. The molecule has 4 heteroatoms. The largest absolute Gasteiger partial charge is 0.352 e. The molecule has 0 saturated heterocycles. The van der Waals surface area contributed by atoms with E-state index in [-0.39, 0.29) is 11.8 Å². The van der Waals surface area contributed by atoms with Crippen molar-refractivity contribution in [3.05, 3.63) is 96.1 Å². The summed E-state index contributed by atoms with van der Waals surface area (Å²) in [4.78, 5) is 24.7. The van der Waals surface area contributed by atoms with Crippen LogP contribution < -0.4 is 10.6 Å². The molecule has 0 heterocycles. The van der Waals surface area contributed by atoms with Gasteiger partial charge in [-0.15, -0.1) is 0 Å². The van der Waals surface area contributed by atoms with Gasteiger partial charge in [-0.2, -0.15) is 0 Å². The predicted molar refractivity (Wildman–Crippen MR) is 117 cm³/mol. The van der Waals surface area contributed by atoms with Gasteiger partial charge in [0.2, 0.25) is 0 Å². The van der Waals surface area contributed by atoms with Crippen LogP contribution >= 0.6 is 0 Å². The van der Waals surface area contributed by atoms with E-state index < -0.39 is 0 Å². The molecule has 0 aliphatic heterocycles. The number of amides is 2. The van der Waals surface area contributed by atoms with Gasteiger partial charge in [-0.25, -0.2) is 0 Å². The zero-order valence-electron chi connectivity index (χ0n) is 16.0. The topological polar surface area (TPSA) is 58.2 Å². The molecule has 0 bridgehead atoms. The molecule has 4 aromatic carbocycles. The molecular formula is C25H22N2O2. The molecule has 2 amide bonds. The van der Waals surface area contributed by atoms with E-state index in [0.29, 0.717) is 30.6 Å². The van der Waals surface area contributed by atoms with E-state index in [9.17, 15) is 9.59 Å². The first-order chi connectivity index (χ1) is 14.2. The summed E-state index contributed by atoms with van der Waals surface area (Å²) in [5.41, 5.74) is 1.28. The van der Waals surface area contributed by atoms with Crippen LogP contribution in [0.1, 0.15) is 27.1 Å². The molecule has 4 nitrogen and oxygen atoms in total. The Morgan fingerprint density at radius 2 is 0.966 bits per heavy atom. The molecular weight excluding hydrogens is 360 g/mol. The highest BCUT2D eigenvalue weighted by molar-refractivity contribution is 5.99. The van der Waals surface area contributed by atoms with Crippen LogP contribution in [-0.4, -0.2) is 24.9 Å². The number of carbonyl (C=O) groups excluding carboxylic acids is 2. The smallest absolute Gasteiger partial charge is 0.251 e. The van der Waals surface area contributed by atoms with Gasteiger partial charge in [0.1, 0.15) is 0 Å². The van der Waals surface area contributed by atoms with Crippen molar-refractivity contribution in [3.8, 4) is 0 Å². The quantitative estimate of drug-likeness (QED) is 0.481. The van der Waals surface area contributed by atoms with Crippen LogP contribution in [0, 0.1) is 0 Å². The van der Waals surface area contributed by atoms with E-state index >= 15 is 0 Å². The summed E-state index contributed by atoms with van der Waals surface area (Å²) < 4.78 is 0. The Hall–Kier alpha value is -3.66. The molecule has 0 radical (unpaired) electrons. The Balaban J connectivity index is 1.25. The van der Waals surface area contributed by atoms with E-state index in [1.165, 1.54) is 0 Å². The predicted octanol–water partition coefficient (Wildman–Crippen LogP) is 4.54. The van der Waals surface area contributed by atoms with Crippen molar-refractivity contribution in [1.82, 2.24) is 10.6 Å². The molecule has 0 aromatic heterocycles. The molecule has 29 heavy (non-hydrogen) atoms. The fraction of sp³-hybridized carbons (Fsp3) is 0.120. The molecule has 4 aromatic rings. The fourth-order valence-corrected chi connectivity index (χ4v) is 3.36. The van der Waals surface area contributed by atoms with Crippen LogP contribution in [0.4, 0.5) is 0 Å². The Morgan fingerprint density at radius 3 is 1.41 bits per heavy atom. The average Bonchev–Trinajstić information content (AvgIpc) is 2.77.